The Morgan fingerprint density at radius 1 is 1.57 bits per heavy atom. The van der Waals surface area contributed by atoms with Crippen LogP contribution in [0.4, 0.5) is 4.39 Å². The number of pyridine rings is 1. The Morgan fingerprint density at radius 3 is 3.00 bits per heavy atom. The van der Waals surface area contributed by atoms with Crippen LogP contribution in [0.5, 0.6) is 0 Å². The van der Waals surface area contributed by atoms with E-state index in [1.54, 1.807) is 10.5 Å². The van der Waals surface area contributed by atoms with Gasteiger partial charge in [-0.2, -0.15) is 0 Å². The highest BCUT2D eigenvalue weighted by atomic mass is 19.1. The summed E-state index contributed by atoms with van der Waals surface area (Å²) in [5.41, 5.74) is 2.27. The number of hydrogen-bond donors (Lipinski definition) is 1. The van der Waals surface area contributed by atoms with Crippen molar-refractivity contribution in [3.63, 3.8) is 0 Å². The van der Waals surface area contributed by atoms with Crippen molar-refractivity contribution in [2.75, 3.05) is 7.05 Å². The number of fused-ring (bicyclic) bond motifs is 1. The highest BCUT2D eigenvalue weighted by molar-refractivity contribution is 5.44. The third kappa shape index (κ3) is 1.28. The SMILES string of the molecule is CNCc1nc2c(F)cccn2c1C. The highest BCUT2D eigenvalue weighted by Gasteiger charge is 2.09. The van der Waals surface area contributed by atoms with E-state index < -0.39 is 0 Å². The summed E-state index contributed by atoms with van der Waals surface area (Å²) in [6.07, 6.45) is 1.82. The van der Waals surface area contributed by atoms with Crippen molar-refractivity contribution in [3.05, 3.63) is 35.5 Å². The van der Waals surface area contributed by atoms with Crippen LogP contribution in [0, 0.1) is 12.7 Å². The third-order valence-electron chi connectivity index (χ3n) is 2.28. The van der Waals surface area contributed by atoms with Gasteiger partial charge in [-0.3, -0.25) is 0 Å². The summed E-state index contributed by atoms with van der Waals surface area (Å²) in [7, 11) is 1.85. The number of aryl methyl sites for hydroxylation is 1. The Kier molecular flexibility index (Phi) is 2.21. The first-order chi connectivity index (χ1) is 6.74. The van der Waals surface area contributed by atoms with Crippen LogP contribution in [0.2, 0.25) is 0 Å². The summed E-state index contributed by atoms with van der Waals surface area (Å²) in [4.78, 5) is 4.23. The molecule has 0 atom stereocenters. The molecule has 0 saturated carbocycles. The van der Waals surface area contributed by atoms with E-state index in [1.807, 2.05) is 20.2 Å². The molecule has 4 heteroatoms. The smallest absolute Gasteiger partial charge is 0.173 e. The van der Waals surface area contributed by atoms with Crippen molar-refractivity contribution in [2.24, 2.45) is 0 Å². The molecule has 0 fully saturated rings. The molecule has 0 amide bonds. The molecule has 0 aliphatic heterocycles. The first-order valence-electron chi connectivity index (χ1n) is 4.50. The van der Waals surface area contributed by atoms with Gasteiger partial charge in [-0.1, -0.05) is 0 Å². The van der Waals surface area contributed by atoms with Gasteiger partial charge >= 0.3 is 0 Å². The number of aromatic nitrogens is 2. The van der Waals surface area contributed by atoms with Gasteiger partial charge in [0.25, 0.3) is 0 Å². The van der Waals surface area contributed by atoms with E-state index in [4.69, 9.17) is 0 Å². The Balaban J connectivity index is 2.67. The van der Waals surface area contributed by atoms with Crippen LogP contribution in [0.25, 0.3) is 5.65 Å². The molecular formula is C10H12FN3. The topological polar surface area (TPSA) is 29.3 Å². The quantitative estimate of drug-likeness (QED) is 0.783. The fourth-order valence-electron chi connectivity index (χ4n) is 1.53. The Bertz CT molecular complexity index is 462. The van der Waals surface area contributed by atoms with E-state index in [0.29, 0.717) is 12.2 Å². The van der Waals surface area contributed by atoms with Gasteiger partial charge in [-0.05, 0) is 26.1 Å². The molecule has 0 spiro atoms. The summed E-state index contributed by atoms with van der Waals surface area (Å²) in [5, 5.41) is 3.01. The Hall–Kier alpha value is -1.42. The fourth-order valence-corrected chi connectivity index (χ4v) is 1.53. The molecule has 0 radical (unpaired) electrons. The molecule has 74 valence electrons. The second kappa shape index (κ2) is 3.38. The van der Waals surface area contributed by atoms with Gasteiger partial charge in [0, 0.05) is 18.4 Å². The standard InChI is InChI=1S/C10H12FN3/c1-7-9(6-12-2)13-10-8(11)4-3-5-14(7)10/h3-5,12H,6H2,1-2H3. The minimum atomic E-state index is -0.280. The van der Waals surface area contributed by atoms with E-state index in [9.17, 15) is 4.39 Å². The maximum atomic E-state index is 13.3. The van der Waals surface area contributed by atoms with Crippen molar-refractivity contribution in [1.82, 2.24) is 14.7 Å². The first kappa shape index (κ1) is 9.15. The minimum Gasteiger partial charge on any atom is -0.314 e. The molecule has 0 saturated heterocycles. The zero-order valence-corrected chi connectivity index (χ0v) is 8.21. The van der Waals surface area contributed by atoms with Crippen LogP contribution in [0.1, 0.15) is 11.4 Å². The van der Waals surface area contributed by atoms with Gasteiger partial charge < -0.3 is 9.72 Å². The van der Waals surface area contributed by atoms with E-state index in [2.05, 4.69) is 10.3 Å². The third-order valence-corrected chi connectivity index (χ3v) is 2.28. The average Bonchev–Trinajstić information content (AvgIpc) is 2.48. The number of hydrogen-bond acceptors (Lipinski definition) is 2. The van der Waals surface area contributed by atoms with Crippen LogP contribution in [0.15, 0.2) is 18.3 Å². The molecule has 2 aromatic heterocycles. The predicted octanol–water partition coefficient (Wildman–Crippen LogP) is 1.50. The molecule has 2 rings (SSSR count). The molecule has 0 aromatic carbocycles. The summed E-state index contributed by atoms with van der Waals surface area (Å²) >= 11 is 0. The van der Waals surface area contributed by atoms with Crippen molar-refractivity contribution < 1.29 is 4.39 Å². The first-order valence-corrected chi connectivity index (χ1v) is 4.50. The minimum absolute atomic E-state index is 0.280. The zero-order chi connectivity index (χ0) is 10.1. The predicted molar refractivity (Wildman–Crippen MR) is 52.7 cm³/mol. The van der Waals surface area contributed by atoms with Crippen LogP contribution >= 0.6 is 0 Å². The van der Waals surface area contributed by atoms with Gasteiger partial charge in [-0.15, -0.1) is 0 Å². The maximum absolute atomic E-state index is 13.3. The molecule has 3 nitrogen and oxygen atoms in total. The van der Waals surface area contributed by atoms with E-state index in [1.165, 1.54) is 6.07 Å². The van der Waals surface area contributed by atoms with Crippen LogP contribution in [-0.2, 0) is 6.54 Å². The average molecular weight is 193 g/mol. The van der Waals surface area contributed by atoms with Crippen LogP contribution < -0.4 is 5.32 Å². The van der Waals surface area contributed by atoms with Crippen molar-refractivity contribution >= 4 is 5.65 Å². The highest BCUT2D eigenvalue weighted by Crippen LogP contribution is 2.14. The lowest BCUT2D eigenvalue weighted by molar-refractivity contribution is 0.629. The summed E-state index contributed by atoms with van der Waals surface area (Å²) in [6.45, 7) is 2.60. The number of halogens is 1. The number of rotatable bonds is 2. The molecule has 0 bridgehead atoms. The number of nitrogens with one attached hydrogen (secondary N) is 1. The second-order valence-electron chi connectivity index (χ2n) is 3.22. The molecule has 0 aliphatic rings. The molecular weight excluding hydrogens is 181 g/mol. The molecule has 0 aliphatic carbocycles. The maximum Gasteiger partial charge on any atom is 0.173 e. The Labute approximate surface area is 81.6 Å². The lowest BCUT2D eigenvalue weighted by atomic mass is 10.3. The van der Waals surface area contributed by atoms with E-state index >= 15 is 0 Å². The summed E-state index contributed by atoms with van der Waals surface area (Å²) in [6, 6.07) is 3.10. The largest absolute Gasteiger partial charge is 0.314 e. The Morgan fingerprint density at radius 2 is 2.36 bits per heavy atom. The lowest BCUT2D eigenvalue weighted by Gasteiger charge is -1.97. The van der Waals surface area contributed by atoms with Crippen LogP contribution in [0.3, 0.4) is 0 Å². The van der Waals surface area contributed by atoms with Crippen LogP contribution in [-0.4, -0.2) is 16.4 Å². The fraction of sp³-hybridized carbons (Fsp3) is 0.300. The van der Waals surface area contributed by atoms with E-state index in [-0.39, 0.29) is 5.82 Å². The monoisotopic (exact) mass is 193 g/mol. The normalized spacial score (nSPS) is 11.1. The van der Waals surface area contributed by atoms with E-state index in [0.717, 1.165) is 11.4 Å². The summed E-state index contributed by atoms with van der Waals surface area (Å²) < 4.78 is 15.1. The number of nitrogens with zero attached hydrogens (tertiary/aromatic N) is 2. The van der Waals surface area contributed by atoms with Crippen molar-refractivity contribution in [3.8, 4) is 0 Å². The number of imidazole rings is 1. The molecule has 14 heavy (non-hydrogen) atoms. The van der Waals surface area contributed by atoms with Crippen molar-refractivity contribution in [2.45, 2.75) is 13.5 Å². The molecule has 1 N–H and O–H groups in total. The van der Waals surface area contributed by atoms with Crippen molar-refractivity contribution in [1.29, 1.82) is 0 Å². The molecule has 2 aromatic rings. The zero-order valence-electron chi connectivity index (χ0n) is 8.21. The molecule has 2 heterocycles. The van der Waals surface area contributed by atoms with Gasteiger partial charge in [0.1, 0.15) is 0 Å². The van der Waals surface area contributed by atoms with Gasteiger partial charge in [0.2, 0.25) is 0 Å². The van der Waals surface area contributed by atoms with Gasteiger partial charge in [-0.25, -0.2) is 9.37 Å². The second-order valence-corrected chi connectivity index (χ2v) is 3.22. The van der Waals surface area contributed by atoms with Gasteiger partial charge in [0.15, 0.2) is 11.5 Å². The lowest BCUT2D eigenvalue weighted by Crippen LogP contribution is -2.06. The molecule has 0 unspecified atom stereocenters. The van der Waals surface area contributed by atoms with Gasteiger partial charge in [0.05, 0.1) is 5.69 Å². The summed E-state index contributed by atoms with van der Waals surface area (Å²) in [5.74, 6) is -0.280.